The van der Waals surface area contributed by atoms with Gasteiger partial charge in [0, 0.05) is 0 Å². The molecule has 5 heteroatoms. The number of hydrogen-bond donors (Lipinski definition) is 1. The first-order valence-corrected chi connectivity index (χ1v) is 17.3. The van der Waals surface area contributed by atoms with Crippen LogP contribution in [0.25, 0.3) is 0 Å². The molecule has 1 N–H and O–H groups in total. The van der Waals surface area contributed by atoms with E-state index in [9.17, 15) is 9.59 Å². The van der Waals surface area contributed by atoms with Crippen LogP contribution in [0.3, 0.4) is 0 Å². The molecule has 1 rings (SSSR count). The minimum atomic E-state index is -0.783. The van der Waals surface area contributed by atoms with Crippen LogP contribution in [0.2, 0.25) is 0 Å². The van der Waals surface area contributed by atoms with Gasteiger partial charge in [-0.3, -0.25) is 9.69 Å². The van der Waals surface area contributed by atoms with Crippen LogP contribution in [0.4, 0.5) is 4.79 Å². The smallest absolute Gasteiger partial charge is 0.324 e. The zero-order valence-electron chi connectivity index (χ0n) is 26.8. The topological polar surface area (TPSA) is 52.6 Å². The van der Waals surface area contributed by atoms with Crippen molar-refractivity contribution in [3.63, 3.8) is 0 Å². The lowest BCUT2D eigenvalue weighted by Gasteiger charge is -2.27. The molecule has 0 aromatic carbocycles. The summed E-state index contributed by atoms with van der Waals surface area (Å²) < 4.78 is 0. The third-order valence-corrected chi connectivity index (χ3v) is 8.44. The second-order valence-corrected chi connectivity index (χ2v) is 12.8. The van der Waals surface area contributed by atoms with E-state index in [1.54, 1.807) is 13.8 Å². The average molecular weight is 550 g/mol. The molecule has 1 heterocycles. The summed E-state index contributed by atoms with van der Waals surface area (Å²) in [6.45, 7) is 10.6. The molecule has 0 bridgehead atoms. The van der Waals surface area contributed by atoms with Crippen LogP contribution in [0.1, 0.15) is 182 Å². The summed E-state index contributed by atoms with van der Waals surface area (Å²) in [5.74, 6) is -0.0955. The predicted octanol–water partition coefficient (Wildman–Crippen LogP) is 9.98. The highest BCUT2D eigenvalue weighted by molar-refractivity contribution is 6.06. The highest BCUT2D eigenvalue weighted by Crippen LogP contribution is 2.18. The van der Waals surface area contributed by atoms with E-state index in [2.05, 4.69) is 24.1 Å². The first-order valence-electron chi connectivity index (χ1n) is 17.3. The van der Waals surface area contributed by atoms with E-state index >= 15 is 0 Å². The molecule has 1 fully saturated rings. The Kier molecular flexibility index (Phi) is 21.7. The lowest BCUT2D eigenvalue weighted by atomic mass is 10.0. The van der Waals surface area contributed by atoms with Gasteiger partial charge in [-0.2, -0.15) is 0 Å². The molecule has 3 amide bonds. The number of amides is 3. The maximum Gasteiger partial charge on any atom is 0.326 e. The van der Waals surface area contributed by atoms with Gasteiger partial charge in [0.2, 0.25) is 0 Å². The Morgan fingerprint density at radius 3 is 1.13 bits per heavy atom. The molecule has 0 unspecified atom stereocenters. The zero-order valence-corrected chi connectivity index (χ0v) is 26.8. The van der Waals surface area contributed by atoms with Gasteiger partial charge in [-0.25, -0.2) is 9.69 Å². The number of urea groups is 1. The summed E-state index contributed by atoms with van der Waals surface area (Å²) in [4.78, 5) is 29.0. The molecular weight excluding hydrogens is 482 g/mol. The Hall–Kier alpha value is -1.10. The van der Waals surface area contributed by atoms with E-state index in [4.69, 9.17) is 0 Å². The van der Waals surface area contributed by atoms with Crippen molar-refractivity contribution >= 4 is 11.9 Å². The molecule has 0 aromatic rings. The molecule has 39 heavy (non-hydrogen) atoms. The van der Waals surface area contributed by atoms with Gasteiger partial charge in [0.25, 0.3) is 5.91 Å². The maximum atomic E-state index is 12.7. The van der Waals surface area contributed by atoms with E-state index in [1.165, 1.54) is 146 Å². The number of nitrogens with one attached hydrogen (secondary N) is 1. The van der Waals surface area contributed by atoms with Crippen molar-refractivity contribution in [2.24, 2.45) is 0 Å². The Morgan fingerprint density at radius 2 is 0.846 bits per heavy atom. The van der Waals surface area contributed by atoms with Crippen LogP contribution in [-0.2, 0) is 4.79 Å². The fourth-order valence-electron chi connectivity index (χ4n) is 5.75. The number of carbonyl (C=O) groups excluding carboxylic acids is 2. The number of rotatable bonds is 28. The lowest BCUT2D eigenvalue weighted by molar-refractivity contribution is -0.131. The third-order valence-electron chi connectivity index (χ3n) is 8.44. The molecule has 1 saturated heterocycles. The van der Waals surface area contributed by atoms with Crippen molar-refractivity contribution in [1.29, 1.82) is 0 Å². The standard InChI is InChI=1S/C34H67N3O2/c1-5-7-9-11-13-15-17-19-21-23-25-27-29-36(31-37-32(38)34(3,4)35-33(37)39)30-28-26-24-22-20-18-16-14-12-10-8-6-2/h5-31H2,1-4H3,(H,35,39). The van der Waals surface area contributed by atoms with Crippen LogP contribution in [0, 0.1) is 0 Å². The van der Waals surface area contributed by atoms with E-state index in [1.807, 2.05) is 0 Å². The first-order chi connectivity index (χ1) is 18.9. The Labute approximate surface area is 243 Å². The van der Waals surface area contributed by atoms with Gasteiger partial charge >= 0.3 is 6.03 Å². The summed E-state index contributed by atoms with van der Waals surface area (Å²) in [6, 6.07) is -0.237. The molecule has 0 radical (unpaired) electrons. The van der Waals surface area contributed by atoms with Gasteiger partial charge < -0.3 is 5.32 Å². The first kappa shape index (κ1) is 35.9. The number of nitrogens with zero attached hydrogens (tertiary/aromatic N) is 2. The van der Waals surface area contributed by atoms with Gasteiger partial charge in [-0.1, -0.05) is 155 Å². The third kappa shape index (κ3) is 18.0. The number of hydrogen-bond acceptors (Lipinski definition) is 3. The minimum Gasteiger partial charge on any atom is -0.324 e. The molecule has 0 saturated carbocycles. The SMILES string of the molecule is CCCCCCCCCCCCCCN(CCCCCCCCCCCCCC)CN1C(=O)NC(C)(C)C1=O. The fourth-order valence-corrected chi connectivity index (χ4v) is 5.75. The van der Waals surface area contributed by atoms with Crippen molar-refractivity contribution in [3.05, 3.63) is 0 Å². The van der Waals surface area contributed by atoms with Crippen LogP contribution < -0.4 is 5.32 Å². The number of carbonyl (C=O) groups is 2. The van der Waals surface area contributed by atoms with E-state index in [-0.39, 0.29) is 11.9 Å². The molecule has 1 aliphatic rings. The van der Waals surface area contributed by atoms with Gasteiger partial charge in [0.1, 0.15) is 5.54 Å². The maximum absolute atomic E-state index is 12.7. The molecular formula is C34H67N3O2. The van der Waals surface area contributed by atoms with Crippen molar-refractivity contribution in [2.45, 2.75) is 187 Å². The van der Waals surface area contributed by atoms with Crippen molar-refractivity contribution < 1.29 is 9.59 Å². The van der Waals surface area contributed by atoms with Crippen molar-refractivity contribution in [1.82, 2.24) is 15.1 Å². The normalized spacial score (nSPS) is 15.1. The molecule has 1 aliphatic heterocycles. The highest BCUT2D eigenvalue weighted by atomic mass is 16.2. The van der Waals surface area contributed by atoms with Crippen molar-refractivity contribution in [2.75, 3.05) is 19.8 Å². The molecule has 0 spiro atoms. The minimum absolute atomic E-state index is 0.0955. The Bertz CT molecular complexity index is 579. The van der Waals surface area contributed by atoms with Gasteiger partial charge in [-0.05, 0) is 39.8 Å². The van der Waals surface area contributed by atoms with Crippen molar-refractivity contribution in [3.8, 4) is 0 Å². The van der Waals surface area contributed by atoms with Crippen LogP contribution in [0.5, 0.6) is 0 Å². The largest absolute Gasteiger partial charge is 0.326 e. The second-order valence-electron chi connectivity index (χ2n) is 12.8. The molecule has 0 aromatic heterocycles. The van der Waals surface area contributed by atoms with E-state index in [0.717, 1.165) is 25.9 Å². The molecule has 5 nitrogen and oxygen atoms in total. The molecule has 0 aliphatic carbocycles. The van der Waals surface area contributed by atoms with Crippen LogP contribution in [0.15, 0.2) is 0 Å². The summed E-state index contributed by atoms with van der Waals surface area (Å²) >= 11 is 0. The lowest BCUT2D eigenvalue weighted by Crippen LogP contribution is -2.44. The molecule has 230 valence electrons. The summed E-state index contributed by atoms with van der Waals surface area (Å²) in [5, 5.41) is 2.84. The Morgan fingerprint density at radius 1 is 0.538 bits per heavy atom. The number of unbranched alkanes of at least 4 members (excludes halogenated alkanes) is 22. The van der Waals surface area contributed by atoms with Gasteiger partial charge in [0.05, 0.1) is 6.67 Å². The fraction of sp³-hybridized carbons (Fsp3) is 0.941. The van der Waals surface area contributed by atoms with Crippen LogP contribution in [-0.4, -0.2) is 47.0 Å². The second kappa shape index (κ2) is 23.6. The van der Waals surface area contributed by atoms with Gasteiger partial charge in [-0.15, -0.1) is 0 Å². The highest BCUT2D eigenvalue weighted by Gasteiger charge is 2.44. The van der Waals surface area contributed by atoms with E-state index in [0.29, 0.717) is 6.67 Å². The quantitative estimate of drug-likeness (QED) is 0.0780. The van der Waals surface area contributed by atoms with Crippen LogP contribution >= 0.6 is 0 Å². The monoisotopic (exact) mass is 550 g/mol. The Balaban J connectivity index is 2.22. The zero-order chi connectivity index (χ0) is 28.6. The predicted molar refractivity (Wildman–Crippen MR) is 168 cm³/mol. The van der Waals surface area contributed by atoms with E-state index < -0.39 is 5.54 Å². The summed E-state index contributed by atoms with van der Waals surface area (Å²) in [5.41, 5.74) is -0.783. The summed E-state index contributed by atoms with van der Waals surface area (Å²) in [6.07, 6.45) is 32.3. The number of imide groups is 1. The summed E-state index contributed by atoms with van der Waals surface area (Å²) in [7, 11) is 0. The molecule has 0 atom stereocenters. The average Bonchev–Trinajstić information content (AvgIpc) is 3.10. The van der Waals surface area contributed by atoms with Gasteiger partial charge in [0.15, 0.2) is 0 Å².